The number of hydrogen-bond acceptors (Lipinski definition) is 7. The summed E-state index contributed by atoms with van der Waals surface area (Å²) in [6.07, 6.45) is 3.09. The van der Waals surface area contributed by atoms with E-state index in [0.29, 0.717) is 33.5 Å². The summed E-state index contributed by atoms with van der Waals surface area (Å²) in [4.78, 5) is 26.0. The number of piperidine rings is 1. The summed E-state index contributed by atoms with van der Waals surface area (Å²) in [5.74, 6) is 0.401. The number of carbonyl (C=O) groups excluding carboxylic acids is 1. The lowest BCUT2D eigenvalue weighted by atomic mass is 10.1. The maximum Gasteiger partial charge on any atom is 0.270 e. The first-order valence-corrected chi connectivity index (χ1v) is 11.8. The third kappa shape index (κ3) is 5.79. The number of nitro benzene ring substituents is 1. The Labute approximate surface area is 211 Å². The Bertz CT molecular complexity index is 1270. The van der Waals surface area contributed by atoms with E-state index in [1.165, 1.54) is 12.1 Å². The second-order valence-electron chi connectivity index (χ2n) is 8.03. The van der Waals surface area contributed by atoms with E-state index in [9.17, 15) is 20.0 Å². The van der Waals surface area contributed by atoms with Crippen LogP contribution in [-0.4, -0.2) is 34.1 Å². The Morgan fingerprint density at radius 1 is 1.14 bits per heavy atom. The fourth-order valence-electron chi connectivity index (χ4n) is 3.95. The Kier molecular flexibility index (Phi) is 7.64. The van der Waals surface area contributed by atoms with Crippen LogP contribution in [0.3, 0.4) is 0 Å². The van der Waals surface area contributed by atoms with Crippen molar-refractivity contribution in [1.29, 1.82) is 0 Å². The van der Waals surface area contributed by atoms with Crippen LogP contribution in [-0.2, 0) is 6.61 Å². The molecule has 11 heteroatoms. The number of aliphatic hydroxyl groups is 1. The molecule has 3 N–H and O–H groups in total. The number of furan rings is 1. The van der Waals surface area contributed by atoms with Gasteiger partial charge in [-0.2, -0.15) is 0 Å². The normalized spacial score (nSPS) is 13.4. The number of nitrogens with zero attached hydrogens (tertiary/aromatic N) is 2. The van der Waals surface area contributed by atoms with Gasteiger partial charge in [0.1, 0.15) is 18.1 Å². The summed E-state index contributed by atoms with van der Waals surface area (Å²) in [6, 6.07) is 12.8. The second-order valence-corrected chi connectivity index (χ2v) is 8.85. The molecule has 182 valence electrons. The molecule has 35 heavy (non-hydrogen) atoms. The maximum atomic E-state index is 13.1. The topological polar surface area (TPSA) is 121 Å². The van der Waals surface area contributed by atoms with Gasteiger partial charge >= 0.3 is 0 Å². The highest BCUT2D eigenvalue weighted by Gasteiger charge is 2.22. The predicted octanol–water partition coefficient (Wildman–Crippen LogP) is 5.12. The van der Waals surface area contributed by atoms with Gasteiger partial charge in [0.2, 0.25) is 0 Å². The molecule has 4 rings (SSSR count). The average molecular weight is 515 g/mol. The van der Waals surface area contributed by atoms with Crippen LogP contribution in [0, 0.1) is 10.1 Å². The van der Waals surface area contributed by atoms with Gasteiger partial charge in [0.25, 0.3) is 11.6 Å². The summed E-state index contributed by atoms with van der Waals surface area (Å²) in [6.45, 7) is 1.33. The molecule has 1 aliphatic rings. The minimum absolute atomic E-state index is 0.0133. The zero-order valence-electron chi connectivity index (χ0n) is 18.6. The molecule has 0 aliphatic carbocycles. The van der Waals surface area contributed by atoms with Gasteiger partial charge in [0.05, 0.1) is 26.9 Å². The number of amides is 1. The highest BCUT2D eigenvalue weighted by molar-refractivity contribution is 7.80. The fraction of sp³-hybridized carbons (Fsp3) is 0.250. The summed E-state index contributed by atoms with van der Waals surface area (Å²) in [7, 11) is 0. The van der Waals surface area contributed by atoms with Gasteiger partial charge in [-0.05, 0) is 67.9 Å². The number of anilines is 2. The summed E-state index contributed by atoms with van der Waals surface area (Å²) in [5.41, 5.74) is 1.76. The van der Waals surface area contributed by atoms with Gasteiger partial charge in [0.15, 0.2) is 5.11 Å². The molecule has 2 aromatic carbocycles. The Morgan fingerprint density at radius 3 is 2.60 bits per heavy atom. The van der Waals surface area contributed by atoms with Crippen molar-refractivity contribution in [3.05, 3.63) is 75.0 Å². The molecule has 1 amide bonds. The molecule has 0 radical (unpaired) electrons. The summed E-state index contributed by atoms with van der Waals surface area (Å²) in [5, 5.41) is 26.4. The van der Waals surface area contributed by atoms with E-state index in [2.05, 4.69) is 15.5 Å². The minimum atomic E-state index is -0.558. The standard InChI is InChI=1S/C24H23ClN4O5S/c25-19-7-4-15(22-9-6-17(14-30)34-22)12-20(19)26-24(35)27-23(31)18-13-16(29(32)33)5-8-21(18)28-10-2-1-3-11-28/h4-9,12-13,30H,1-3,10-11,14H2,(H2,26,27,31,35). The quantitative estimate of drug-likeness (QED) is 0.235. The number of aliphatic hydroxyl groups excluding tert-OH is 1. The lowest BCUT2D eigenvalue weighted by Gasteiger charge is -2.30. The van der Waals surface area contributed by atoms with Gasteiger partial charge in [-0.3, -0.25) is 20.2 Å². The monoisotopic (exact) mass is 514 g/mol. The van der Waals surface area contributed by atoms with Crippen LogP contribution in [0.5, 0.6) is 0 Å². The van der Waals surface area contributed by atoms with Crippen molar-refractivity contribution in [1.82, 2.24) is 5.32 Å². The molecule has 0 spiro atoms. The van der Waals surface area contributed by atoms with Crippen molar-refractivity contribution in [2.45, 2.75) is 25.9 Å². The average Bonchev–Trinajstić information content (AvgIpc) is 3.35. The Hall–Kier alpha value is -3.47. The molecule has 1 fully saturated rings. The van der Waals surface area contributed by atoms with E-state index < -0.39 is 10.8 Å². The molecule has 1 aromatic heterocycles. The number of non-ortho nitro benzene ring substituents is 1. The van der Waals surface area contributed by atoms with Crippen molar-refractivity contribution in [2.24, 2.45) is 0 Å². The van der Waals surface area contributed by atoms with Gasteiger partial charge in [-0.25, -0.2) is 0 Å². The molecular weight excluding hydrogens is 492 g/mol. The molecule has 1 aliphatic heterocycles. The number of rotatable bonds is 6. The van der Waals surface area contributed by atoms with Crippen molar-refractivity contribution in [3.8, 4) is 11.3 Å². The smallest absolute Gasteiger partial charge is 0.270 e. The van der Waals surface area contributed by atoms with E-state index in [1.54, 1.807) is 36.4 Å². The number of benzene rings is 2. The van der Waals surface area contributed by atoms with Crippen molar-refractivity contribution in [2.75, 3.05) is 23.3 Å². The SMILES string of the molecule is O=C(NC(=S)Nc1cc(-c2ccc(CO)o2)ccc1Cl)c1cc([N+](=O)[O-])ccc1N1CCCCC1. The highest BCUT2D eigenvalue weighted by atomic mass is 35.5. The van der Waals surface area contributed by atoms with Crippen LogP contribution in [0.4, 0.5) is 17.1 Å². The molecule has 1 saturated heterocycles. The Morgan fingerprint density at radius 2 is 1.91 bits per heavy atom. The highest BCUT2D eigenvalue weighted by Crippen LogP contribution is 2.31. The van der Waals surface area contributed by atoms with E-state index in [1.807, 2.05) is 0 Å². The third-order valence-corrected chi connectivity index (χ3v) is 6.21. The number of carbonyl (C=O) groups is 1. The first kappa shape index (κ1) is 24.6. The first-order chi connectivity index (χ1) is 16.9. The zero-order chi connectivity index (χ0) is 24.9. The van der Waals surface area contributed by atoms with Gasteiger partial charge in [0, 0.05) is 30.8 Å². The molecular formula is C24H23ClN4O5S. The maximum absolute atomic E-state index is 13.1. The third-order valence-electron chi connectivity index (χ3n) is 5.68. The van der Waals surface area contributed by atoms with E-state index in [0.717, 1.165) is 32.4 Å². The molecule has 0 unspecified atom stereocenters. The molecule has 9 nitrogen and oxygen atoms in total. The van der Waals surface area contributed by atoms with E-state index in [4.69, 9.17) is 28.2 Å². The zero-order valence-corrected chi connectivity index (χ0v) is 20.2. The summed E-state index contributed by atoms with van der Waals surface area (Å²) < 4.78 is 5.56. The van der Waals surface area contributed by atoms with E-state index >= 15 is 0 Å². The van der Waals surface area contributed by atoms with Crippen LogP contribution >= 0.6 is 23.8 Å². The Balaban J connectivity index is 1.53. The number of nitrogens with one attached hydrogen (secondary N) is 2. The number of halogens is 1. The first-order valence-electron chi connectivity index (χ1n) is 11.0. The summed E-state index contributed by atoms with van der Waals surface area (Å²) >= 11 is 11.6. The van der Waals surface area contributed by atoms with Gasteiger partial charge < -0.3 is 19.7 Å². The molecule has 0 atom stereocenters. The van der Waals surface area contributed by atoms with E-state index in [-0.39, 0.29) is 23.0 Å². The van der Waals surface area contributed by atoms with Gasteiger partial charge in [-0.15, -0.1) is 0 Å². The van der Waals surface area contributed by atoms with Gasteiger partial charge in [-0.1, -0.05) is 11.6 Å². The van der Waals surface area contributed by atoms with Crippen molar-refractivity contribution < 1.29 is 19.2 Å². The molecule has 0 saturated carbocycles. The van der Waals surface area contributed by atoms with Crippen LogP contribution in [0.1, 0.15) is 35.4 Å². The van der Waals surface area contributed by atoms with Crippen molar-refractivity contribution in [3.63, 3.8) is 0 Å². The van der Waals surface area contributed by atoms with Crippen LogP contribution in [0.25, 0.3) is 11.3 Å². The van der Waals surface area contributed by atoms with Crippen molar-refractivity contribution >= 4 is 51.9 Å². The number of hydrogen-bond donors (Lipinski definition) is 3. The fourth-order valence-corrected chi connectivity index (χ4v) is 4.31. The second kappa shape index (κ2) is 10.9. The largest absolute Gasteiger partial charge is 0.459 e. The predicted molar refractivity (Wildman–Crippen MR) is 138 cm³/mol. The van der Waals surface area contributed by atoms with Crippen LogP contribution < -0.4 is 15.5 Å². The minimum Gasteiger partial charge on any atom is -0.459 e. The molecule has 2 heterocycles. The number of nitro groups is 1. The lowest BCUT2D eigenvalue weighted by Crippen LogP contribution is -2.36. The molecule has 3 aromatic rings. The number of thiocarbonyl (C=S) groups is 1. The van der Waals surface area contributed by atoms with Crippen LogP contribution in [0.15, 0.2) is 52.9 Å². The van der Waals surface area contributed by atoms with Crippen LogP contribution in [0.2, 0.25) is 5.02 Å². The molecule has 0 bridgehead atoms. The lowest BCUT2D eigenvalue weighted by molar-refractivity contribution is -0.384.